The van der Waals surface area contributed by atoms with Crippen molar-refractivity contribution in [3.05, 3.63) is 47.5 Å². The van der Waals surface area contributed by atoms with Gasteiger partial charge in [-0.2, -0.15) is 0 Å². The molecule has 0 saturated carbocycles. The molecule has 14 heavy (non-hydrogen) atoms. The van der Waals surface area contributed by atoms with Gasteiger partial charge in [0.1, 0.15) is 0 Å². The zero-order valence-electron chi connectivity index (χ0n) is 9.51. The molecule has 0 aromatic heterocycles. The van der Waals surface area contributed by atoms with Crippen molar-refractivity contribution in [2.24, 2.45) is 0 Å². The van der Waals surface area contributed by atoms with Crippen molar-refractivity contribution in [3.63, 3.8) is 0 Å². The second-order valence-corrected chi connectivity index (χ2v) is 4.12. The van der Waals surface area contributed by atoms with Crippen LogP contribution in [0.4, 0.5) is 0 Å². The SMILES string of the molecule is C=C(C)CC(CC)c1ccccc1C. The third kappa shape index (κ3) is 2.73. The third-order valence-electron chi connectivity index (χ3n) is 2.72. The average Bonchev–Trinajstić information content (AvgIpc) is 2.15. The van der Waals surface area contributed by atoms with Crippen molar-refractivity contribution in [2.45, 2.75) is 39.5 Å². The third-order valence-corrected chi connectivity index (χ3v) is 2.72. The summed E-state index contributed by atoms with van der Waals surface area (Å²) in [5, 5.41) is 0. The first-order valence-corrected chi connectivity index (χ1v) is 5.35. The lowest BCUT2D eigenvalue weighted by atomic mass is 9.88. The van der Waals surface area contributed by atoms with Gasteiger partial charge in [-0.05, 0) is 43.7 Å². The molecule has 0 spiro atoms. The van der Waals surface area contributed by atoms with Crippen molar-refractivity contribution < 1.29 is 0 Å². The summed E-state index contributed by atoms with van der Waals surface area (Å²) in [6.45, 7) is 10.6. The minimum absolute atomic E-state index is 0.647. The van der Waals surface area contributed by atoms with Crippen LogP contribution in [0, 0.1) is 6.92 Å². The second-order valence-electron chi connectivity index (χ2n) is 4.12. The van der Waals surface area contributed by atoms with Gasteiger partial charge in [-0.15, -0.1) is 6.58 Å². The van der Waals surface area contributed by atoms with Gasteiger partial charge in [-0.3, -0.25) is 0 Å². The summed E-state index contributed by atoms with van der Waals surface area (Å²) < 4.78 is 0. The Balaban J connectivity index is 2.89. The minimum atomic E-state index is 0.647. The van der Waals surface area contributed by atoms with E-state index in [1.165, 1.54) is 23.1 Å². The van der Waals surface area contributed by atoms with Crippen LogP contribution < -0.4 is 0 Å². The van der Waals surface area contributed by atoms with Crippen molar-refractivity contribution >= 4 is 0 Å². The van der Waals surface area contributed by atoms with Crippen LogP contribution in [-0.4, -0.2) is 0 Å². The van der Waals surface area contributed by atoms with E-state index in [0.717, 1.165) is 6.42 Å². The van der Waals surface area contributed by atoms with Gasteiger partial charge in [0, 0.05) is 0 Å². The van der Waals surface area contributed by atoms with E-state index in [1.54, 1.807) is 0 Å². The van der Waals surface area contributed by atoms with E-state index in [1.807, 2.05) is 0 Å². The van der Waals surface area contributed by atoms with E-state index in [2.05, 4.69) is 51.6 Å². The molecule has 0 aliphatic carbocycles. The molecule has 0 heterocycles. The topological polar surface area (TPSA) is 0 Å². The zero-order valence-corrected chi connectivity index (χ0v) is 9.51. The van der Waals surface area contributed by atoms with E-state index < -0.39 is 0 Å². The van der Waals surface area contributed by atoms with E-state index in [9.17, 15) is 0 Å². The maximum atomic E-state index is 4.00. The smallest absolute Gasteiger partial charge is 0.0125 e. The zero-order chi connectivity index (χ0) is 10.6. The Morgan fingerprint density at radius 1 is 1.36 bits per heavy atom. The van der Waals surface area contributed by atoms with Gasteiger partial charge in [-0.25, -0.2) is 0 Å². The van der Waals surface area contributed by atoms with Gasteiger partial charge in [0.2, 0.25) is 0 Å². The van der Waals surface area contributed by atoms with Crippen LogP contribution in [0.2, 0.25) is 0 Å². The molecule has 0 radical (unpaired) electrons. The lowest BCUT2D eigenvalue weighted by molar-refractivity contribution is 0.653. The van der Waals surface area contributed by atoms with Crippen molar-refractivity contribution in [1.29, 1.82) is 0 Å². The molecule has 0 nitrogen and oxygen atoms in total. The molecule has 0 heteroatoms. The molecule has 0 fully saturated rings. The van der Waals surface area contributed by atoms with Gasteiger partial charge in [-0.1, -0.05) is 36.8 Å². The summed E-state index contributed by atoms with van der Waals surface area (Å²) in [5.74, 6) is 0.647. The molecule has 0 saturated heterocycles. The molecule has 0 N–H and O–H groups in total. The van der Waals surface area contributed by atoms with Crippen LogP contribution in [0.5, 0.6) is 0 Å². The van der Waals surface area contributed by atoms with Crippen molar-refractivity contribution in [3.8, 4) is 0 Å². The molecule has 76 valence electrons. The molecule has 0 aliphatic rings. The Bertz CT molecular complexity index is 310. The Labute approximate surface area is 87.7 Å². The lowest BCUT2D eigenvalue weighted by Crippen LogP contribution is -2.00. The highest BCUT2D eigenvalue weighted by Crippen LogP contribution is 2.28. The standard InChI is InChI=1S/C14H20/c1-5-13(10-11(2)3)14-9-7-6-8-12(14)4/h6-9,13H,2,5,10H2,1,3-4H3. The number of hydrogen-bond acceptors (Lipinski definition) is 0. The molecular formula is C14H20. The number of rotatable bonds is 4. The highest BCUT2D eigenvalue weighted by atomic mass is 14.2. The van der Waals surface area contributed by atoms with Crippen LogP contribution in [0.1, 0.15) is 43.7 Å². The maximum Gasteiger partial charge on any atom is -0.0125 e. The Kier molecular flexibility index (Phi) is 3.94. The van der Waals surface area contributed by atoms with E-state index >= 15 is 0 Å². The first-order valence-electron chi connectivity index (χ1n) is 5.35. The molecule has 1 aromatic rings. The van der Waals surface area contributed by atoms with E-state index in [0.29, 0.717) is 5.92 Å². The second kappa shape index (κ2) is 4.99. The van der Waals surface area contributed by atoms with Crippen LogP contribution in [0.3, 0.4) is 0 Å². The normalized spacial score (nSPS) is 12.5. The number of allylic oxidation sites excluding steroid dienone is 1. The van der Waals surface area contributed by atoms with Crippen molar-refractivity contribution in [2.75, 3.05) is 0 Å². The van der Waals surface area contributed by atoms with Crippen LogP contribution >= 0.6 is 0 Å². The summed E-state index contributed by atoms with van der Waals surface area (Å²) in [7, 11) is 0. The molecule has 1 rings (SSSR count). The lowest BCUT2D eigenvalue weighted by Gasteiger charge is -2.17. The van der Waals surface area contributed by atoms with E-state index in [-0.39, 0.29) is 0 Å². The number of hydrogen-bond donors (Lipinski definition) is 0. The fourth-order valence-electron chi connectivity index (χ4n) is 1.94. The largest absolute Gasteiger partial charge is 0.100 e. The molecule has 1 atom stereocenters. The predicted molar refractivity (Wildman–Crippen MR) is 63.6 cm³/mol. The summed E-state index contributed by atoms with van der Waals surface area (Å²) >= 11 is 0. The van der Waals surface area contributed by atoms with Gasteiger partial charge in [0.15, 0.2) is 0 Å². The van der Waals surface area contributed by atoms with Gasteiger partial charge < -0.3 is 0 Å². The van der Waals surface area contributed by atoms with Crippen molar-refractivity contribution in [1.82, 2.24) is 0 Å². The number of benzene rings is 1. The summed E-state index contributed by atoms with van der Waals surface area (Å²) in [5.41, 5.74) is 4.17. The Morgan fingerprint density at radius 3 is 2.50 bits per heavy atom. The molecule has 1 aromatic carbocycles. The maximum absolute atomic E-state index is 4.00. The summed E-state index contributed by atoms with van der Waals surface area (Å²) in [4.78, 5) is 0. The average molecular weight is 188 g/mol. The quantitative estimate of drug-likeness (QED) is 0.612. The Hall–Kier alpha value is -1.04. The first kappa shape index (κ1) is 11.0. The van der Waals surface area contributed by atoms with Gasteiger partial charge in [0.05, 0.1) is 0 Å². The highest BCUT2D eigenvalue weighted by Gasteiger charge is 2.10. The first-order chi connectivity index (χ1) is 6.65. The molecule has 1 unspecified atom stereocenters. The monoisotopic (exact) mass is 188 g/mol. The minimum Gasteiger partial charge on any atom is -0.100 e. The molecule has 0 bridgehead atoms. The predicted octanol–water partition coefficient (Wildman–Crippen LogP) is 4.45. The summed E-state index contributed by atoms with van der Waals surface area (Å²) in [6, 6.07) is 8.67. The number of aryl methyl sites for hydroxylation is 1. The van der Waals surface area contributed by atoms with Crippen LogP contribution in [-0.2, 0) is 0 Å². The highest BCUT2D eigenvalue weighted by molar-refractivity contribution is 5.29. The van der Waals surface area contributed by atoms with Gasteiger partial charge >= 0.3 is 0 Å². The van der Waals surface area contributed by atoms with Gasteiger partial charge in [0.25, 0.3) is 0 Å². The molecule has 0 aliphatic heterocycles. The van der Waals surface area contributed by atoms with Crippen LogP contribution in [0.25, 0.3) is 0 Å². The fraction of sp³-hybridized carbons (Fsp3) is 0.429. The van der Waals surface area contributed by atoms with Crippen LogP contribution in [0.15, 0.2) is 36.4 Å². The van der Waals surface area contributed by atoms with E-state index in [4.69, 9.17) is 0 Å². The fourth-order valence-corrected chi connectivity index (χ4v) is 1.94. The Morgan fingerprint density at radius 2 is 2.00 bits per heavy atom. The summed E-state index contributed by atoms with van der Waals surface area (Å²) in [6.07, 6.45) is 2.30. The molecule has 0 amide bonds. The molecular weight excluding hydrogens is 168 g/mol.